The molecule has 0 amide bonds. The predicted molar refractivity (Wildman–Crippen MR) is 75.4 cm³/mol. The number of piperidine rings is 1. The summed E-state index contributed by atoms with van der Waals surface area (Å²) < 4.78 is 1.06. The van der Waals surface area contributed by atoms with Crippen molar-refractivity contribution in [2.45, 2.75) is 18.6 Å². The highest BCUT2D eigenvalue weighted by Gasteiger charge is 2.25. The normalized spacial score (nSPS) is 24.7. The summed E-state index contributed by atoms with van der Waals surface area (Å²) in [5, 5.41) is 11.4. The van der Waals surface area contributed by atoms with Gasteiger partial charge in [0.2, 0.25) is 0 Å². The number of nitrogens with two attached hydrogens (primary N) is 1. The Kier molecular flexibility index (Phi) is 3.15. The van der Waals surface area contributed by atoms with E-state index in [2.05, 4.69) is 9.88 Å². The molecule has 18 heavy (non-hydrogen) atoms. The van der Waals surface area contributed by atoms with Gasteiger partial charge in [-0.25, -0.2) is 4.98 Å². The van der Waals surface area contributed by atoms with E-state index in [0.29, 0.717) is 18.0 Å². The van der Waals surface area contributed by atoms with Crippen LogP contribution in [0.25, 0.3) is 10.2 Å². The Bertz CT molecular complexity index is 563. The smallest absolute Gasteiger partial charge is 0.186 e. The van der Waals surface area contributed by atoms with Crippen LogP contribution < -0.4 is 10.6 Å². The Morgan fingerprint density at radius 3 is 3.06 bits per heavy atom. The largest absolute Gasteiger partial charge is 0.391 e. The summed E-state index contributed by atoms with van der Waals surface area (Å²) in [7, 11) is 0. The number of anilines is 1. The van der Waals surface area contributed by atoms with Crippen LogP contribution in [0.5, 0.6) is 0 Å². The van der Waals surface area contributed by atoms with Crippen LogP contribution in [0.3, 0.4) is 0 Å². The van der Waals surface area contributed by atoms with Gasteiger partial charge in [-0.1, -0.05) is 22.9 Å². The Balaban J connectivity index is 1.93. The summed E-state index contributed by atoms with van der Waals surface area (Å²) in [5.41, 5.74) is 6.86. The Morgan fingerprint density at radius 1 is 1.44 bits per heavy atom. The van der Waals surface area contributed by atoms with Crippen molar-refractivity contribution in [2.24, 2.45) is 5.73 Å². The number of hydrogen-bond donors (Lipinski definition) is 2. The van der Waals surface area contributed by atoms with Gasteiger partial charge in [-0.05, 0) is 24.6 Å². The summed E-state index contributed by atoms with van der Waals surface area (Å²) >= 11 is 7.55. The topological polar surface area (TPSA) is 62.4 Å². The second kappa shape index (κ2) is 4.66. The number of halogens is 1. The summed E-state index contributed by atoms with van der Waals surface area (Å²) in [5.74, 6) is 0. The number of β-amino-alcohol motifs (C(OH)–C–C–N with tert-alkyl or cyclic N) is 1. The average molecular weight is 284 g/mol. The third-order valence-corrected chi connectivity index (χ3v) is 4.38. The molecule has 1 saturated heterocycles. The standard InChI is InChI=1S/C12H14ClN3OS/c13-7-1-2-10-11(3-7)18-12(15-10)16-5-8(14)4-9(17)6-16/h1-3,8-9,17H,4-6,14H2/t8-,9+/m0/s1. The van der Waals surface area contributed by atoms with Gasteiger partial charge in [0.1, 0.15) is 0 Å². The lowest BCUT2D eigenvalue weighted by Gasteiger charge is -2.33. The number of benzene rings is 1. The number of aromatic nitrogens is 1. The van der Waals surface area contributed by atoms with Gasteiger partial charge < -0.3 is 15.7 Å². The summed E-state index contributed by atoms with van der Waals surface area (Å²) in [6, 6.07) is 5.67. The van der Waals surface area contributed by atoms with Crippen LogP contribution in [0.4, 0.5) is 5.13 Å². The zero-order chi connectivity index (χ0) is 12.7. The minimum absolute atomic E-state index is 0.00403. The molecule has 0 radical (unpaired) electrons. The molecule has 0 bridgehead atoms. The first-order chi connectivity index (χ1) is 8.61. The van der Waals surface area contributed by atoms with Gasteiger partial charge in [0.05, 0.1) is 16.3 Å². The van der Waals surface area contributed by atoms with Crippen LogP contribution >= 0.6 is 22.9 Å². The average Bonchev–Trinajstić information content (AvgIpc) is 2.70. The molecule has 3 N–H and O–H groups in total. The fraction of sp³-hybridized carbons (Fsp3) is 0.417. The van der Waals surface area contributed by atoms with Crippen molar-refractivity contribution in [3.8, 4) is 0 Å². The van der Waals surface area contributed by atoms with Crippen LogP contribution in [-0.2, 0) is 0 Å². The van der Waals surface area contributed by atoms with Crippen molar-refractivity contribution in [2.75, 3.05) is 18.0 Å². The van der Waals surface area contributed by atoms with E-state index in [4.69, 9.17) is 17.3 Å². The van der Waals surface area contributed by atoms with Crippen LogP contribution in [0.15, 0.2) is 18.2 Å². The van der Waals surface area contributed by atoms with E-state index in [1.807, 2.05) is 18.2 Å². The molecular weight excluding hydrogens is 270 g/mol. The highest BCUT2D eigenvalue weighted by Crippen LogP contribution is 2.31. The highest BCUT2D eigenvalue weighted by atomic mass is 35.5. The molecule has 3 rings (SSSR count). The number of nitrogens with zero attached hydrogens (tertiary/aromatic N) is 2. The lowest BCUT2D eigenvalue weighted by atomic mass is 10.1. The summed E-state index contributed by atoms with van der Waals surface area (Å²) in [4.78, 5) is 6.62. The molecule has 0 unspecified atom stereocenters. The third kappa shape index (κ3) is 2.31. The van der Waals surface area contributed by atoms with Gasteiger partial charge in [0.25, 0.3) is 0 Å². The first-order valence-electron chi connectivity index (χ1n) is 5.86. The summed E-state index contributed by atoms with van der Waals surface area (Å²) in [6.45, 7) is 1.34. The Hall–Kier alpha value is -0.880. The molecule has 2 heterocycles. The molecule has 6 heteroatoms. The number of thiazole rings is 1. The molecule has 1 aromatic heterocycles. The van der Waals surface area contributed by atoms with Crippen molar-refractivity contribution in [3.05, 3.63) is 23.2 Å². The molecule has 0 saturated carbocycles. The summed E-state index contributed by atoms with van der Waals surface area (Å²) in [6.07, 6.45) is 0.289. The van der Waals surface area contributed by atoms with Crippen LogP contribution in [-0.4, -0.2) is 35.3 Å². The maximum Gasteiger partial charge on any atom is 0.186 e. The lowest BCUT2D eigenvalue weighted by molar-refractivity contribution is 0.145. The molecule has 0 spiro atoms. The number of aliphatic hydroxyl groups excluding tert-OH is 1. The second-order valence-electron chi connectivity index (χ2n) is 4.66. The van der Waals surface area contributed by atoms with Crippen molar-refractivity contribution in [1.29, 1.82) is 0 Å². The highest BCUT2D eigenvalue weighted by molar-refractivity contribution is 7.22. The number of fused-ring (bicyclic) bond motifs is 1. The van der Waals surface area contributed by atoms with E-state index in [-0.39, 0.29) is 12.1 Å². The van der Waals surface area contributed by atoms with Gasteiger partial charge in [-0.2, -0.15) is 0 Å². The number of aliphatic hydroxyl groups is 1. The predicted octanol–water partition coefficient (Wildman–Crippen LogP) is 1.85. The second-order valence-corrected chi connectivity index (χ2v) is 6.11. The fourth-order valence-corrected chi connectivity index (χ4v) is 3.55. The van der Waals surface area contributed by atoms with Gasteiger partial charge in [-0.15, -0.1) is 0 Å². The SMILES string of the molecule is N[C@H]1C[C@@H](O)CN(c2nc3ccc(Cl)cc3s2)C1. The van der Waals surface area contributed by atoms with Gasteiger partial charge >= 0.3 is 0 Å². The first-order valence-corrected chi connectivity index (χ1v) is 7.06. The molecule has 4 nitrogen and oxygen atoms in total. The van der Waals surface area contributed by atoms with Gasteiger partial charge in [-0.3, -0.25) is 0 Å². The lowest BCUT2D eigenvalue weighted by Crippen LogP contribution is -2.49. The minimum atomic E-state index is -0.371. The van der Waals surface area contributed by atoms with Crippen LogP contribution in [0.1, 0.15) is 6.42 Å². The monoisotopic (exact) mass is 283 g/mol. The maximum atomic E-state index is 9.76. The molecule has 2 atom stereocenters. The van der Waals surface area contributed by atoms with E-state index in [0.717, 1.165) is 21.9 Å². The van der Waals surface area contributed by atoms with Gasteiger partial charge in [0, 0.05) is 24.2 Å². The molecule has 2 aromatic rings. The maximum absolute atomic E-state index is 9.76. The van der Waals surface area contributed by atoms with E-state index in [9.17, 15) is 5.11 Å². The van der Waals surface area contributed by atoms with Gasteiger partial charge in [0.15, 0.2) is 5.13 Å². The zero-order valence-corrected chi connectivity index (χ0v) is 11.3. The van der Waals surface area contributed by atoms with Crippen LogP contribution in [0, 0.1) is 0 Å². The molecule has 1 aliphatic rings. The molecule has 1 aliphatic heterocycles. The number of hydrogen-bond acceptors (Lipinski definition) is 5. The van der Waals surface area contributed by atoms with Crippen molar-refractivity contribution >= 4 is 38.3 Å². The molecule has 1 aromatic carbocycles. The number of rotatable bonds is 1. The first kappa shape index (κ1) is 12.2. The van der Waals surface area contributed by atoms with Crippen molar-refractivity contribution in [3.63, 3.8) is 0 Å². The van der Waals surface area contributed by atoms with E-state index < -0.39 is 0 Å². The molecular formula is C12H14ClN3OS. The van der Waals surface area contributed by atoms with Crippen molar-refractivity contribution < 1.29 is 5.11 Å². The Morgan fingerprint density at radius 2 is 2.28 bits per heavy atom. The minimum Gasteiger partial charge on any atom is -0.391 e. The Labute approximate surface area is 114 Å². The molecule has 1 fully saturated rings. The van der Waals surface area contributed by atoms with E-state index in [1.165, 1.54) is 0 Å². The van der Waals surface area contributed by atoms with Crippen LogP contribution in [0.2, 0.25) is 5.02 Å². The molecule has 96 valence electrons. The quantitative estimate of drug-likeness (QED) is 0.838. The zero-order valence-electron chi connectivity index (χ0n) is 9.71. The molecule has 0 aliphatic carbocycles. The fourth-order valence-electron chi connectivity index (χ4n) is 2.29. The van der Waals surface area contributed by atoms with Crippen molar-refractivity contribution in [1.82, 2.24) is 4.98 Å². The third-order valence-electron chi connectivity index (χ3n) is 3.07. The van der Waals surface area contributed by atoms with E-state index >= 15 is 0 Å². The van der Waals surface area contributed by atoms with E-state index in [1.54, 1.807) is 11.3 Å².